The molecule has 0 radical (unpaired) electrons. The number of hydrogen-bond acceptors (Lipinski definition) is 4. The highest BCUT2D eigenvalue weighted by atomic mass is 16.6. The van der Waals surface area contributed by atoms with Gasteiger partial charge in [0, 0.05) is 12.4 Å². The van der Waals surface area contributed by atoms with Gasteiger partial charge in [0.05, 0.1) is 4.92 Å². The third-order valence-electron chi connectivity index (χ3n) is 1.72. The maximum Gasteiger partial charge on any atom is 0.336 e. The number of nitrogens with zero attached hydrogens (tertiary/aromatic N) is 4. The smallest absolute Gasteiger partial charge is 0.258 e. The quantitative estimate of drug-likeness (QED) is 0.481. The van der Waals surface area contributed by atoms with Crippen LogP contribution in [0.5, 0.6) is 0 Å². The molecule has 6 nitrogen and oxygen atoms in total. The van der Waals surface area contributed by atoms with Crippen LogP contribution in [0.25, 0.3) is 5.65 Å². The molecule has 6 heteroatoms. The highest BCUT2D eigenvalue weighted by molar-refractivity contribution is 5.61. The topological polar surface area (TPSA) is 73.3 Å². The Morgan fingerprint density at radius 3 is 3.08 bits per heavy atom. The molecule has 66 valence electrons. The van der Waals surface area contributed by atoms with Crippen LogP contribution in [0.4, 0.5) is 5.69 Å². The van der Waals surface area contributed by atoms with Crippen molar-refractivity contribution in [1.29, 1.82) is 0 Å². The molecule has 0 aliphatic heterocycles. The number of hydrogen-bond donors (Lipinski definition) is 0. The molecular weight excluding hydrogens is 172 g/mol. The Kier molecular flexibility index (Phi) is 1.48. The number of rotatable bonds is 1. The predicted octanol–water partition coefficient (Wildman–Crippen LogP) is 0.946. The van der Waals surface area contributed by atoms with Gasteiger partial charge in [-0.15, -0.1) is 0 Å². The van der Waals surface area contributed by atoms with Crippen LogP contribution < -0.4 is 0 Å². The van der Waals surface area contributed by atoms with E-state index in [2.05, 4.69) is 10.1 Å². The van der Waals surface area contributed by atoms with Crippen LogP contribution in [0.3, 0.4) is 0 Å². The summed E-state index contributed by atoms with van der Waals surface area (Å²) in [5, 5.41) is 14.6. The van der Waals surface area contributed by atoms with Crippen LogP contribution in [0.1, 0.15) is 5.69 Å². The van der Waals surface area contributed by atoms with Crippen molar-refractivity contribution < 1.29 is 4.92 Å². The molecule has 0 saturated heterocycles. The van der Waals surface area contributed by atoms with Gasteiger partial charge in [-0.2, -0.15) is 5.10 Å². The average molecular weight is 178 g/mol. The van der Waals surface area contributed by atoms with Gasteiger partial charge in [0.25, 0.3) is 0 Å². The molecule has 13 heavy (non-hydrogen) atoms. The molecule has 2 rings (SSSR count). The molecule has 0 fully saturated rings. The second kappa shape index (κ2) is 2.51. The third-order valence-corrected chi connectivity index (χ3v) is 1.72. The van der Waals surface area contributed by atoms with E-state index in [9.17, 15) is 10.1 Å². The summed E-state index contributed by atoms with van der Waals surface area (Å²) in [6.45, 7) is 1.59. The van der Waals surface area contributed by atoms with Crippen molar-refractivity contribution in [3.8, 4) is 0 Å². The SMILES string of the molecule is Cc1nn2cccnc2c1[N+](=O)[O-]. The van der Waals surface area contributed by atoms with Crippen molar-refractivity contribution in [3.63, 3.8) is 0 Å². The van der Waals surface area contributed by atoms with Crippen molar-refractivity contribution in [1.82, 2.24) is 14.6 Å². The summed E-state index contributed by atoms with van der Waals surface area (Å²) in [7, 11) is 0. The van der Waals surface area contributed by atoms with E-state index in [4.69, 9.17) is 0 Å². The van der Waals surface area contributed by atoms with E-state index in [0.717, 1.165) is 0 Å². The second-order valence-electron chi connectivity index (χ2n) is 2.58. The molecule has 2 aromatic heterocycles. The number of fused-ring (bicyclic) bond motifs is 1. The molecule has 0 aromatic carbocycles. The highest BCUT2D eigenvalue weighted by Crippen LogP contribution is 2.20. The monoisotopic (exact) mass is 178 g/mol. The van der Waals surface area contributed by atoms with Crippen molar-refractivity contribution in [2.75, 3.05) is 0 Å². The van der Waals surface area contributed by atoms with Gasteiger partial charge in [-0.3, -0.25) is 10.1 Å². The third kappa shape index (κ3) is 1.03. The van der Waals surface area contributed by atoms with Gasteiger partial charge < -0.3 is 0 Å². The maximum absolute atomic E-state index is 10.6. The second-order valence-corrected chi connectivity index (χ2v) is 2.58. The minimum Gasteiger partial charge on any atom is -0.258 e. The summed E-state index contributed by atoms with van der Waals surface area (Å²) in [5.41, 5.74) is 0.634. The summed E-state index contributed by atoms with van der Waals surface area (Å²) < 4.78 is 1.40. The Morgan fingerprint density at radius 2 is 2.38 bits per heavy atom. The lowest BCUT2D eigenvalue weighted by Crippen LogP contribution is -1.91. The van der Waals surface area contributed by atoms with Gasteiger partial charge in [-0.1, -0.05) is 0 Å². The van der Waals surface area contributed by atoms with E-state index in [1.165, 1.54) is 10.7 Å². The lowest BCUT2D eigenvalue weighted by molar-refractivity contribution is -0.383. The first-order chi connectivity index (χ1) is 6.20. The van der Waals surface area contributed by atoms with Crippen LogP contribution in [-0.2, 0) is 0 Å². The van der Waals surface area contributed by atoms with Crippen LogP contribution >= 0.6 is 0 Å². The Balaban J connectivity index is 2.86. The lowest BCUT2D eigenvalue weighted by Gasteiger charge is -1.88. The molecule has 0 N–H and O–H groups in total. The molecule has 0 aliphatic rings. The summed E-state index contributed by atoms with van der Waals surface area (Å²) in [6, 6.07) is 1.67. The first-order valence-electron chi connectivity index (χ1n) is 3.64. The van der Waals surface area contributed by atoms with Crippen LogP contribution in [0.2, 0.25) is 0 Å². The largest absolute Gasteiger partial charge is 0.336 e. The normalized spacial score (nSPS) is 10.5. The molecule has 0 spiro atoms. The Labute approximate surface area is 73.0 Å². The Bertz CT molecular complexity index is 476. The van der Waals surface area contributed by atoms with E-state index in [-0.39, 0.29) is 11.3 Å². The van der Waals surface area contributed by atoms with Crippen molar-refractivity contribution in [3.05, 3.63) is 34.3 Å². The fourth-order valence-electron chi connectivity index (χ4n) is 1.20. The minimum atomic E-state index is -0.468. The van der Waals surface area contributed by atoms with Crippen LogP contribution in [0, 0.1) is 17.0 Å². The van der Waals surface area contributed by atoms with E-state index in [1.54, 1.807) is 19.2 Å². The maximum atomic E-state index is 10.6. The molecule has 2 heterocycles. The molecule has 0 saturated carbocycles. The number of aryl methyl sites for hydroxylation is 1. The summed E-state index contributed by atoms with van der Waals surface area (Å²) in [5.74, 6) is 0. The number of aromatic nitrogens is 3. The summed E-state index contributed by atoms with van der Waals surface area (Å²) in [6.07, 6.45) is 3.13. The van der Waals surface area contributed by atoms with Crippen molar-refractivity contribution >= 4 is 11.3 Å². The molecule has 0 atom stereocenters. The lowest BCUT2D eigenvalue weighted by atomic mass is 10.4. The zero-order valence-corrected chi connectivity index (χ0v) is 6.84. The molecule has 2 aromatic rings. The molecule has 0 aliphatic carbocycles. The Morgan fingerprint density at radius 1 is 1.62 bits per heavy atom. The van der Waals surface area contributed by atoms with Crippen LogP contribution in [-0.4, -0.2) is 19.5 Å². The minimum absolute atomic E-state index is 0.0272. The summed E-state index contributed by atoms with van der Waals surface area (Å²) in [4.78, 5) is 14.0. The Hall–Kier alpha value is -1.98. The molecule has 0 amide bonds. The zero-order chi connectivity index (χ0) is 9.42. The van der Waals surface area contributed by atoms with Crippen LogP contribution in [0.15, 0.2) is 18.5 Å². The standard InChI is InChI=1S/C7H6N4O2/c1-5-6(11(12)13)7-8-3-2-4-10(7)9-5/h2-4H,1H3. The van der Waals surface area contributed by atoms with E-state index < -0.39 is 4.92 Å². The van der Waals surface area contributed by atoms with Gasteiger partial charge in [-0.25, -0.2) is 9.50 Å². The van der Waals surface area contributed by atoms with Gasteiger partial charge >= 0.3 is 5.69 Å². The summed E-state index contributed by atoms with van der Waals surface area (Å²) >= 11 is 0. The predicted molar refractivity (Wildman–Crippen MR) is 44.4 cm³/mol. The molecule has 0 bridgehead atoms. The van der Waals surface area contributed by atoms with E-state index in [1.807, 2.05) is 0 Å². The molecule has 0 unspecified atom stereocenters. The van der Waals surface area contributed by atoms with Gasteiger partial charge in [0.2, 0.25) is 5.65 Å². The zero-order valence-electron chi connectivity index (χ0n) is 6.84. The van der Waals surface area contributed by atoms with E-state index in [0.29, 0.717) is 5.69 Å². The first-order valence-corrected chi connectivity index (χ1v) is 3.64. The van der Waals surface area contributed by atoms with Gasteiger partial charge in [-0.05, 0) is 13.0 Å². The number of nitro groups is 1. The van der Waals surface area contributed by atoms with Crippen molar-refractivity contribution in [2.24, 2.45) is 0 Å². The average Bonchev–Trinajstić information content (AvgIpc) is 2.39. The van der Waals surface area contributed by atoms with Gasteiger partial charge in [0.1, 0.15) is 5.69 Å². The first kappa shape index (κ1) is 7.66. The fourth-order valence-corrected chi connectivity index (χ4v) is 1.20. The van der Waals surface area contributed by atoms with Gasteiger partial charge in [0.15, 0.2) is 0 Å². The molecular formula is C7H6N4O2. The highest BCUT2D eigenvalue weighted by Gasteiger charge is 2.20. The van der Waals surface area contributed by atoms with E-state index >= 15 is 0 Å². The fraction of sp³-hybridized carbons (Fsp3) is 0.143. The van der Waals surface area contributed by atoms with Crippen molar-refractivity contribution in [2.45, 2.75) is 6.92 Å².